The maximum atomic E-state index is 14.2. The Labute approximate surface area is 266 Å². The number of pyridine rings is 2. The van der Waals surface area contributed by atoms with Crippen molar-refractivity contribution in [2.75, 3.05) is 36.0 Å². The number of carbonyl (C=O) groups excluding carboxylic acids is 2. The van der Waals surface area contributed by atoms with Crippen molar-refractivity contribution in [2.45, 2.75) is 0 Å². The number of hydrogen-bond donors (Lipinski definition) is 0. The molecule has 6 aromatic rings. The third-order valence-corrected chi connectivity index (χ3v) is 8.22. The average Bonchev–Trinajstić information content (AvgIpc) is 3.13. The molecular weight excluding hydrogens is 574 g/mol. The Morgan fingerprint density at radius 3 is 1.83 bits per heavy atom. The molecule has 0 spiro atoms. The van der Waals surface area contributed by atoms with Crippen LogP contribution in [0.5, 0.6) is 0 Å². The Hall–Kier alpha value is -6.02. The minimum Gasteiger partial charge on any atom is -0.353 e. The minimum absolute atomic E-state index is 0.0124. The molecule has 4 aromatic carbocycles. The molecule has 0 atom stereocenters. The number of benzene rings is 4. The van der Waals surface area contributed by atoms with E-state index in [4.69, 9.17) is 4.98 Å². The van der Waals surface area contributed by atoms with Crippen molar-refractivity contribution in [3.8, 4) is 5.69 Å². The predicted octanol–water partition coefficient (Wildman–Crippen LogP) is 6.33. The van der Waals surface area contributed by atoms with Crippen molar-refractivity contribution < 1.29 is 9.59 Å². The molecule has 46 heavy (non-hydrogen) atoms. The first-order valence-corrected chi connectivity index (χ1v) is 15.2. The zero-order valence-electron chi connectivity index (χ0n) is 25.1. The summed E-state index contributed by atoms with van der Waals surface area (Å²) < 4.78 is 1.88. The second-order valence-corrected chi connectivity index (χ2v) is 11.1. The number of anilines is 3. The lowest BCUT2D eigenvalue weighted by Crippen LogP contribution is -2.49. The molecule has 0 radical (unpaired) electrons. The van der Waals surface area contributed by atoms with Gasteiger partial charge in [0.2, 0.25) is 0 Å². The van der Waals surface area contributed by atoms with Crippen molar-refractivity contribution in [3.05, 3.63) is 161 Å². The fourth-order valence-electron chi connectivity index (χ4n) is 5.88. The van der Waals surface area contributed by atoms with E-state index in [-0.39, 0.29) is 17.2 Å². The average molecular weight is 606 g/mol. The highest BCUT2D eigenvalue weighted by Crippen LogP contribution is 2.32. The Kier molecular flexibility index (Phi) is 7.83. The van der Waals surface area contributed by atoms with Gasteiger partial charge in [0.05, 0.1) is 11.1 Å². The molecule has 1 aliphatic heterocycles. The molecule has 0 aliphatic carbocycles. The first-order valence-electron chi connectivity index (χ1n) is 15.2. The summed E-state index contributed by atoms with van der Waals surface area (Å²) in [5, 5.41) is 0.439. The molecule has 7 rings (SSSR count). The number of carbonyl (C=O) groups is 2. The maximum absolute atomic E-state index is 14.2. The smallest absolute Gasteiger partial charge is 0.263 e. The van der Waals surface area contributed by atoms with E-state index in [0.717, 1.165) is 5.69 Å². The van der Waals surface area contributed by atoms with Gasteiger partial charge in [0.25, 0.3) is 11.8 Å². The Morgan fingerprint density at radius 1 is 0.630 bits per heavy atom. The van der Waals surface area contributed by atoms with Crippen LogP contribution in [0.2, 0.25) is 0 Å². The molecule has 1 saturated heterocycles. The molecule has 8 heteroatoms. The number of nitrogens with zero attached hydrogens (tertiary/aromatic N) is 5. The van der Waals surface area contributed by atoms with Gasteiger partial charge in [-0.3, -0.25) is 23.9 Å². The third-order valence-electron chi connectivity index (χ3n) is 8.22. The first-order chi connectivity index (χ1) is 22.6. The van der Waals surface area contributed by atoms with E-state index in [1.54, 1.807) is 23.1 Å². The quantitative estimate of drug-likeness (QED) is 0.222. The normalized spacial score (nSPS) is 13.0. The minimum atomic E-state index is -0.273. The fourth-order valence-corrected chi connectivity index (χ4v) is 5.88. The van der Waals surface area contributed by atoms with Gasteiger partial charge < -0.3 is 9.80 Å². The van der Waals surface area contributed by atoms with Crippen molar-refractivity contribution in [1.29, 1.82) is 0 Å². The van der Waals surface area contributed by atoms with Gasteiger partial charge >= 0.3 is 0 Å². The summed E-state index contributed by atoms with van der Waals surface area (Å²) in [5.41, 5.74) is 2.74. The Balaban J connectivity index is 1.34. The van der Waals surface area contributed by atoms with E-state index < -0.39 is 0 Å². The number of amides is 2. The summed E-state index contributed by atoms with van der Waals surface area (Å²) in [4.78, 5) is 51.7. The van der Waals surface area contributed by atoms with E-state index >= 15 is 0 Å². The van der Waals surface area contributed by atoms with E-state index in [2.05, 4.69) is 4.90 Å². The molecule has 0 saturated carbocycles. The van der Waals surface area contributed by atoms with Crippen LogP contribution in [0.1, 0.15) is 20.7 Å². The zero-order chi connectivity index (χ0) is 31.5. The molecule has 2 amide bonds. The van der Waals surface area contributed by atoms with Crippen molar-refractivity contribution >= 4 is 40.2 Å². The van der Waals surface area contributed by atoms with Gasteiger partial charge in [0.1, 0.15) is 11.6 Å². The highest BCUT2D eigenvalue weighted by molar-refractivity contribution is 6.11. The van der Waals surface area contributed by atoms with Crippen LogP contribution in [-0.4, -0.2) is 52.4 Å². The highest BCUT2D eigenvalue weighted by atomic mass is 16.2. The molecule has 226 valence electrons. The Bertz CT molecular complexity index is 2060. The first kappa shape index (κ1) is 28.7. The highest BCUT2D eigenvalue weighted by Gasteiger charge is 2.27. The van der Waals surface area contributed by atoms with Crippen molar-refractivity contribution in [3.63, 3.8) is 0 Å². The van der Waals surface area contributed by atoms with Crippen LogP contribution < -0.4 is 15.2 Å². The second-order valence-electron chi connectivity index (χ2n) is 11.1. The van der Waals surface area contributed by atoms with Crippen molar-refractivity contribution in [1.82, 2.24) is 14.5 Å². The summed E-state index contributed by atoms with van der Waals surface area (Å²) >= 11 is 0. The van der Waals surface area contributed by atoms with Gasteiger partial charge in [-0.2, -0.15) is 0 Å². The summed E-state index contributed by atoms with van der Waals surface area (Å²) in [6.45, 7) is 2.28. The van der Waals surface area contributed by atoms with Gasteiger partial charge in [-0.1, -0.05) is 72.8 Å². The van der Waals surface area contributed by atoms with Gasteiger partial charge in [-0.15, -0.1) is 0 Å². The summed E-state index contributed by atoms with van der Waals surface area (Å²) in [6.07, 6.45) is 0. The van der Waals surface area contributed by atoms with E-state index in [1.807, 2.05) is 125 Å². The lowest BCUT2D eigenvalue weighted by molar-refractivity contribution is 0.0746. The summed E-state index contributed by atoms with van der Waals surface area (Å²) in [6, 6.07) is 42.5. The van der Waals surface area contributed by atoms with E-state index in [9.17, 15) is 14.4 Å². The van der Waals surface area contributed by atoms with Crippen LogP contribution in [-0.2, 0) is 0 Å². The monoisotopic (exact) mass is 605 g/mol. The van der Waals surface area contributed by atoms with E-state index in [0.29, 0.717) is 65.7 Å². The molecule has 1 aliphatic rings. The lowest BCUT2D eigenvalue weighted by atomic mass is 10.1. The maximum Gasteiger partial charge on any atom is 0.263 e. The molecule has 0 bridgehead atoms. The van der Waals surface area contributed by atoms with Crippen LogP contribution in [0.3, 0.4) is 0 Å². The second kappa shape index (κ2) is 12.5. The summed E-state index contributed by atoms with van der Waals surface area (Å²) in [5.74, 6) is 0.817. The number of para-hydroxylation sites is 2. The zero-order valence-corrected chi connectivity index (χ0v) is 25.1. The van der Waals surface area contributed by atoms with Gasteiger partial charge in [-0.05, 0) is 60.7 Å². The number of piperazine rings is 1. The Morgan fingerprint density at radius 2 is 1.20 bits per heavy atom. The molecule has 8 nitrogen and oxygen atoms in total. The molecule has 0 unspecified atom stereocenters. The predicted molar refractivity (Wildman–Crippen MR) is 181 cm³/mol. The SMILES string of the molecule is O=C(c1ccccc1)N1CCN(c2ccc3c(=O)cc(N(C(=O)c4ccccc4)c4ccccc4)n(-c4ccccc4)c3n2)CC1. The molecule has 1 fully saturated rings. The lowest BCUT2D eigenvalue weighted by Gasteiger charge is -2.35. The molecule has 3 heterocycles. The van der Waals surface area contributed by atoms with Crippen LogP contribution in [0.15, 0.2) is 144 Å². The van der Waals surface area contributed by atoms with Crippen LogP contribution in [0.25, 0.3) is 16.7 Å². The number of hydrogen-bond acceptors (Lipinski definition) is 5. The van der Waals surface area contributed by atoms with Gasteiger partial charge in [0, 0.05) is 49.1 Å². The summed E-state index contributed by atoms with van der Waals surface area (Å²) in [7, 11) is 0. The van der Waals surface area contributed by atoms with E-state index in [1.165, 1.54) is 6.07 Å². The number of rotatable bonds is 6. The topological polar surface area (TPSA) is 78.8 Å². The third kappa shape index (κ3) is 5.52. The number of fused-ring (bicyclic) bond motifs is 1. The van der Waals surface area contributed by atoms with Gasteiger partial charge in [0.15, 0.2) is 11.1 Å². The standard InChI is InChI=1S/C38H31N5O3/c44-33-27-35(43(31-19-11-4-12-20-31)38(46)29-15-7-2-8-16-29)42(30-17-9-3-10-18-30)36-32(33)21-22-34(39-36)40-23-25-41(26-24-40)37(45)28-13-5-1-6-14-28/h1-22,27H,23-26H2. The van der Waals surface area contributed by atoms with Crippen LogP contribution in [0.4, 0.5) is 17.3 Å². The molecule has 0 N–H and O–H groups in total. The molecule has 2 aromatic heterocycles. The number of aromatic nitrogens is 2. The largest absolute Gasteiger partial charge is 0.353 e. The van der Waals surface area contributed by atoms with Gasteiger partial charge in [-0.25, -0.2) is 4.98 Å². The van der Waals surface area contributed by atoms with Crippen LogP contribution in [0, 0.1) is 0 Å². The fraction of sp³-hybridized carbons (Fsp3) is 0.105. The van der Waals surface area contributed by atoms with Crippen molar-refractivity contribution in [2.24, 2.45) is 0 Å². The van der Waals surface area contributed by atoms with Crippen LogP contribution >= 0.6 is 0 Å². The molecular formula is C38H31N5O3.